The SMILES string of the molecule is C=CCN(CCC)C(=O)c1cc(F)cnc1Cl. The lowest BCUT2D eigenvalue weighted by Gasteiger charge is -2.20. The van der Waals surface area contributed by atoms with Crippen molar-refractivity contribution < 1.29 is 9.18 Å². The Balaban J connectivity index is 2.99. The zero-order valence-electron chi connectivity index (χ0n) is 9.62. The van der Waals surface area contributed by atoms with Crippen molar-refractivity contribution in [2.45, 2.75) is 13.3 Å². The highest BCUT2D eigenvalue weighted by Gasteiger charge is 2.18. The maximum Gasteiger partial charge on any atom is 0.257 e. The highest BCUT2D eigenvalue weighted by molar-refractivity contribution is 6.32. The van der Waals surface area contributed by atoms with E-state index in [0.717, 1.165) is 18.7 Å². The Bertz CT molecular complexity index is 423. The summed E-state index contributed by atoms with van der Waals surface area (Å²) < 4.78 is 13.0. The van der Waals surface area contributed by atoms with Crippen LogP contribution in [0.2, 0.25) is 5.15 Å². The minimum Gasteiger partial charge on any atom is -0.335 e. The van der Waals surface area contributed by atoms with Crippen LogP contribution in [0.5, 0.6) is 0 Å². The molecule has 0 unspecified atom stereocenters. The van der Waals surface area contributed by atoms with Gasteiger partial charge in [0.25, 0.3) is 5.91 Å². The van der Waals surface area contributed by atoms with Gasteiger partial charge in [0.2, 0.25) is 0 Å². The Kier molecular flexibility index (Phi) is 5.10. The molecule has 0 N–H and O–H groups in total. The average molecular weight is 257 g/mol. The molecule has 0 aromatic carbocycles. The highest BCUT2D eigenvalue weighted by Crippen LogP contribution is 2.16. The van der Waals surface area contributed by atoms with Crippen molar-refractivity contribution in [2.24, 2.45) is 0 Å². The molecule has 1 aromatic rings. The van der Waals surface area contributed by atoms with Crippen molar-refractivity contribution in [3.05, 3.63) is 41.5 Å². The summed E-state index contributed by atoms with van der Waals surface area (Å²) in [4.78, 5) is 17.3. The molecule has 3 nitrogen and oxygen atoms in total. The van der Waals surface area contributed by atoms with Crippen LogP contribution in [-0.4, -0.2) is 28.9 Å². The quantitative estimate of drug-likeness (QED) is 0.600. The van der Waals surface area contributed by atoms with Crippen LogP contribution in [0.3, 0.4) is 0 Å². The Hall–Kier alpha value is -1.42. The second-order valence-corrected chi connectivity index (χ2v) is 3.89. The average Bonchev–Trinajstić information content (AvgIpc) is 2.31. The zero-order valence-corrected chi connectivity index (χ0v) is 10.4. The molecule has 17 heavy (non-hydrogen) atoms. The molecule has 1 amide bonds. The maximum atomic E-state index is 13.0. The second kappa shape index (κ2) is 6.35. The van der Waals surface area contributed by atoms with Gasteiger partial charge in [-0.3, -0.25) is 4.79 Å². The summed E-state index contributed by atoms with van der Waals surface area (Å²) in [5.41, 5.74) is 0.0852. The van der Waals surface area contributed by atoms with E-state index in [2.05, 4.69) is 11.6 Å². The van der Waals surface area contributed by atoms with Crippen molar-refractivity contribution in [3.8, 4) is 0 Å². The molecule has 0 atom stereocenters. The van der Waals surface area contributed by atoms with E-state index in [9.17, 15) is 9.18 Å². The lowest BCUT2D eigenvalue weighted by Crippen LogP contribution is -2.32. The first-order valence-corrected chi connectivity index (χ1v) is 5.69. The first-order chi connectivity index (χ1) is 8.10. The standard InChI is InChI=1S/C12H14ClFN2O/c1-3-5-16(6-4-2)12(17)10-7-9(14)8-15-11(10)13/h3,7-8H,1,4-6H2,2H3. The van der Waals surface area contributed by atoms with Crippen molar-refractivity contribution in [1.82, 2.24) is 9.88 Å². The normalized spacial score (nSPS) is 10.1. The minimum atomic E-state index is -0.576. The van der Waals surface area contributed by atoms with E-state index in [4.69, 9.17) is 11.6 Å². The number of amides is 1. The molecule has 92 valence electrons. The number of aromatic nitrogens is 1. The van der Waals surface area contributed by atoms with Crippen molar-refractivity contribution in [3.63, 3.8) is 0 Å². The summed E-state index contributed by atoms with van der Waals surface area (Å²) in [5, 5.41) is 0.0153. The van der Waals surface area contributed by atoms with Gasteiger partial charge < -0.3 is 4.90 Å². The van der Waals surface area contributed by atoms with E-state index < -0.39 is 5.82 Å². The lowest BCUT2D eigenvalue weighted by atomic mass is 10.2. The van der Waals surface area contributed by atoms with E-state index >= 15 is 0 Å². The fourth-order valence-corrected chi connectivity index (χ4v) is 1.63. The smallest absolute Gasteiger partial charge is 0.257 e. The predicted octanol–water partition coefficient (Wildman–Crippen LogP) is 2.91. The van der Waals surface area contributed by atoms with Crippen LogP contribution in [0.1, 0.15) is 23.7 Å². The molecule has 5 heteroatoms. The molecule has 0 fully saturated rings. The molecule has 0 saturated heterocycles. The topological polar surface area (TPSA) is 33.2 Å². The van der Waals surface area contributed by atoms with Gasteiger partial charge in [-0.1, -0.05) is 24.6 Å². The molecule has 0 bridgehead atoms. The highest BCUT2D eigenvalue weighted by atomic mass is 35.5. The van der Waals surface area contributed by atoms with Crippen LogP contribution >= 0.6 is 11.6 Å². The van der Waals surface area contributed by atoms with Crippen LogP contribution in [0.25, 0.3) is 0 Å². The van der Waals surface area contributed by atoms with E-state index in [1.807, 2.05) is 6.92 Å². The first-order valence-electron chi connectivity index (χ1n) is 5.31. The van der Waals surface area contributed by atoms with Crippen molar-refractivity contribution in [1.29, 1.82) is 0 Å². The predicted molar refractivity (Wildman–Crippen MR) is 65.6 cm³/mol. The van der Waals surface area contributed by atoms with E-state index in [1.54, 1.807) is 11.0 Å². The van der Waals surface area contributed by atoms with E-state index in [1.165, 1.54) is 0 Å². The summed E-state index contributed by atoms with van der Waals surface area (Å²) >= 11 is 5.78. The number of nitrogens with zero attached hydrogens (tertiary/aromatic N) is 2. The monoisotopic (exact) mass is 256 g/mol. The number of hydrogen-bond donors (Lipinski definition) is 0. The third-order valence-corrected chi connectivity index (χ3v) is 2.47. The van der Waals surface area contributed by atoms with Gasteiger partial charge in [-0.25, -0.2) is 9.37 Å². The molecule has 0 saturated carbocycles. The van der Waals surface area contributed by atoms with Crippen LogP contribution < -0.4 is 0 Å². The number of carbonyl (C=O) groups excluding carboxylic acids is 1. The third-order valence-electron chi connectivity index (χ3n) is 2.17. The van der Waals surface area contributed by atoms with Crippen molar-refractivity contribution in [2.75, 3.05) is 13.1 Å². The van der Waals surface area contributed by atoms with Crippen molar-refractivity contribution >= 4 is 17.5 Å². The summed E-state index contributed by atoms with van der Waals surface area (Å²) in [6, 6.07) is 1.10. The molecule has 1 aromatic heterocycles. The molecular formula is C12H14ClFN2O. The van der Waals surface area contributed by atoms with Gasteiger partial charge in [0, 0.05) is 13.1 Å². The zero-order chi connectivity index (χ0) is 12.8. The molecule has 1 rings (SSSR count). The summed E-state index contributed by atoms with van der Waals surface area (Å²) in [7, 11) is 0. The van der Waals surface area contributed by atoms with Crippen LogP contribution in [0.4, 0.5) is 4.39 Å². The molecule has 1 heterocycles. The van der Waals surface area contributed by atoms with Gasteiger partial charge in [0.15, 0.2) is 0 Å². The Morgan fingerprint density at radius 2 is 2.41 bits per heavy atom. The van der Waals surface area contributed by atoms with Gasteiger partial charge in [0.05, 0.1) is 11.8 Å². The fourth-order valence-electron chi connectivity index (χ4n) is 1.44. The Morgan fingerprint density at radius 3 is 3.00 bits per heavy atom. The summed E-state index contributed by atoms with van der Waals surface area (Å²) in [6.07, 6.45) is 3.41. The molecule has 0 aliphatic carbocycles. The molecule has 0 spiro atoms. The van der Waals surface area contributed by atoms with Crippen LogP contribution in [0.15, 0.2) is 24.9 Å². The van der Waals surface area contributed by atoms with Gasteiger partial charge in [-0.15, -0.1) is 6.58 Å². The van der Waals surface area contributed by atoms with Crippen LogP contribution in [0, 0.1) is 5.82 Å². The van der Waals surface area contributed by atoms with Gasteiger partial charge >= 0.3 is 0 Å². The molecule has 0 aliphatic rings. The summed E-state index contributed by atoms with van der Waals surface area (Å²) in [6.45, 7) is 6.50. The van der Waals surface area contributed by atoms with Gasteiger partial charge in [0.1, 0.15) is 11.0 Å². The number of pyridine rings is 1. The minimum absolute atomic E-state index is 0.0153. The fraction of sp³-hybridized carbons (Fsp3) is 0.333. The Morgan fingerprint density at radius 1 is 1.71 bits per heavy atom. The second-order valence-electron chi connectivity index (χ2n) is 3.53. The Labute approximate surface area is 105 Å². The molecule has 0 aliphatic heterocycles. The van der Waals surface area contributed by atoms with Gasteiger partial charge in [-0.2, -0.15) is 0 Å². The number of halogens is 2. The van der Waals surface area contributed by atoms with Crippen LogP contribution in [-0.2, 0) is 0 Å². The van der Waals surface area contributed by atoms with E-state index in [0.29, 0.717) is 13.1 Å². The molecule has 0 radical (unpaired) electrons. The number of carbonyl (C=O) groups is 1. The summed E-state index contributed by atoms with van der Waals surface area (Å²) in [5.74, 6) is -0.906. The third kappa shape index (κ3) is 3.53. The van der Waals surface area contributed by atoms with Gasteiger partial charge in [-0.05, 0) is 12.5 Å². The maximum absolute atomic E-state index is 13.0. The largest absolute Gasteiger partial charge is 0.335 e. The first kappa shape index (κ1) is 13.6. The number of hydrogen-bond acceptors (Lipinski definition) is 2. The molecular weight excluding hydrogens is 243 g/mol. The number of rotatable bonds is 5. The van der Waals surface area contributed by atoms with E-state index in [-0.39, 0.29) is 16.6 Å². The lowest BCUT2D eigenvalue weighted by molar-refractivity contribution is 0.0773.